The van der Waals surface area contributed by atoms with Crippen LogP contribution in [0.15, 0.2) is 12.2 Å². The molecular formula is C13H27N. The largest absolute Gasteiger partial charge is 0.320 e. The molecule has 0 aromatic carbocycles. The first-order valence-electron chi connectivity index (χ1n) is 6.06. The molecule has 0 aromatic rings. The van der Waals surface area contributed by atoms with Gasteiger partial charge in [-0.05, 0) is 39.8 Å². The van der Waals surface area contributed by atoms with Gasteiger partial charge in [-0.1, -0.05) is 37.7 Å². The molecule has 14 heavy (non-hydrogen) atoms. The van der Waals surface area contributed by atoms with E-state index >= 15 is 0 Å². The van der Waals surface area contributed by atoms with E-state index in [0.717, 1.165) is 0 Å². The van der Waals surface area contributed by atoms with Crippen LogP contribution >= 0.6 is 0 Å². The summed E-state index contributed by atoms with van der Waals surface area (Å²) >= 11 is 0. The highest BCUT2D eigenvalue weighted by Gasteiger charge is 1.92. The third kappa shape index (κ3) is 11.7. The van der Waals surface area contributed by atoms with Gasteiger partial charge in [0, 0.05) is 0 Å². The second-order valence-electron chi connectivity index (χ2n) is 4.29. The molecule has 0 rings (SSSR count). The van der Waals surface area contributed by atoms with Crippen LogP contribution in [0.25, 0.3) is 0 Å². The molecule has 0 unspecified atom stereocenters. The maximum atomic E-state index is 3.92. The highest BCUT2D eigenvalue weighted by atomic mass is 14.8. The van der Waals surface area contributed by atoms with Crippen molar-refractivity contribution >= 4 is 0 Å². The van der Waals surface area contributed by atoms with E-state index in [1.165, 1.54) is 63.5 Å². The van der Waals surface area contributed by atoms with E-state index in [1.54, 1.807) is 0 Å². The lowest BCUT2D eigenvalue weighted by atomic mass is 10.1. The van der Waals surface area contributed by atoms with Gasteiger partial charge in [0.1, 0.15) is 0 Å². The third-order valence-electron chi connectivity index (χ3n) is 2.53. The lowest BCUT2D eigenvalue weighted by molar-refractivity contribution is 0.570. The molecule has 0 fully saturated rings. The van der Waals surface area contributed by atoms with E-state index in [-0.39, 0.29) is 0 Å². The molecule has 1 heteroatoms. The van der Waals surface area contributed by atoms with E-state index in [9.17, 15) is 0 Å². The lowest BCUT2D eigenvalue weighted by Crippen LogP contribution is -2.06. The van der Waals surface area contributed by atoms with E-state index in [2.05, 4.69) is 18.8 Å². The molecule has 0 radical (unpaired) electrons. The molecule has 0 saturated heterocycles. The third-order valence-corrected chi connectivity index (χ3v) is 2.53. The summed E-state index contributed by atoms with van der Waals surface area (Å²) in [7, 11) is 2.03. The van der Waals surface area contributed by atoms with Crippen LogP contribution in [0.1, 0.15) is 58.3 Å². The number of hydrogen-bond donors (Lipinski definition) is 1. The summed E-state index contributed by atoms with van der Waals surface area (Å²) < 4.78 is 0. The van der Waals surface area contributed by atoms with Crippen molar-refractivity contribution in [2.24, 2.45) is 0 Å². The molecule has 1 nitrogen and oxygen atoms in total. The Hall–Kier alpha value is -0.300. The Balaban J connectivity index is 2.88. The number of nitrogens with one attached hydrogen (secondary N) is 1. The predicted octanol–water partition coefficient (Wildman–Crippen LogP) is 3.90. The molecule has 84 valence electrons. The summed E-state index contributed by atoms with van der Waals surface area (Å²) in [5.74, 6) is 0. The van der Waals surface area contributed by atoms with E-state index in [0.29, 0.717) is 0 Å². The van der Waals surface area contributed by atoms with Crippen LogP contribution < -0.4 is 5.32 Å². The summed E-state index contributed by atoms with van der Waals surface area (Å²) in [5.41, 5.74) is 1.33. The molecule has 0 aliphatic heterocycles. The van der Waals surface area contributed by atoms with Crippen molar-refractivity contribution in [3.05, 3.63) is 12.2 Å². The number of unbranched alkanes of at least 4 members (excludes halogenated alkanes) is 6. The maximum Gasteiger partial charge on any atom is -0.00519 e. The summed E-state index contributed by atoms with van der Waals surface area (Å²) in [6.07, 6.45) is 10.9. The Bertz CT molecular complexity index is 129. The van der Waals surface area contributed by atoms with Gasteiger partial charge in [0.2, 0.25) is 0 Å². The van der Waals surface area contributed by atoms with Crippen molar-refractivity contribution in [3.63, 3.8) is 0 Å². The number of allylic oxidation sites excluding steroid dienone is 1. The highest BCUT2D eigenvalue weighted by molar-refractivity contribution is 4.86. The Morgan fingerprint density at radius 3 is 1.93 bits per heavy atom. The standard InChI is InChI=1S/C13H27N/c1-13(2)11-9-7-5-4-6-8-10-12-14-3/h14H,1,4-12H2,2-3H3. The van der Waals surface area contributed by atoms with Crippen LogP contribution in [0.3, 0.4) is 0 Å². The average molecular weight is 197 g/mol. The first-order valence-corrected chi connectivity index (χ1v) is 6.06. The summed E-state index contributed by atoms with van der Waals surface area (Å²) in [4.78, 5) is 0. The Morgan fingerprint density at radius 2 is 1.43 bits per heavy atom. The maximum absolute atomic E-state index is 3.92. The first-order chi connectivity index (χ1) is 6.77. The monoisotopic (exact) mass is 197 g/mol. The second kappa shape index (κ2) is 10.8. The normalized spacial score (nSPS) is 10.4. The second-order valence-corrected chi connectivity index (χ2v) is 4.29. The Labute approximate surface area is 90.0 Å². The zero-order chi connectivity index (χ0) is 10.6. The summed E-state index contributed by atoms with van der Waals surface area (Å²) in [5, 5.41) is 3.18. The van der Waals surface area contributed by atoms with Crippen molar-refractivity contribution in [2.75, 3.05) is 13.6 Å². The molecule has 0 saturated carbocycles. The van der Waals surface area contributed by atoms with Gasteiger partial charge in [-0.3, -0.25) is 0 Å². The topological polar surface area (TPSA) is 12.0 Å². The van der Waals surface area contributed by atoms with Crippen LogP contribution in [0.4, 0.5) is 0 Å². The van der Waals surface area contributed by atoms with Crippen molar-refractivity contribution < 1.29 is 0 Å². The van der Waals surface area contributed by atoms with Crippen LogP contribution in [0.2, 0.25) is 0 Å². The average Bonchev–Trinajstić information content (AvgIpc) is 2.15. The summed E-state index contributed by atoms with van der Waals surface area (Å²) in [6.45, 7) is 7.21. The van der Waals surface area contributed by atoms with Crippen molar-refractivity contribution in [1.29, 1.82) is 0 Å². The van der Waals surface area contributed by atoms with Gasteiger partial charge in [0.05, 0.1) is 0 Å². The number of rotatable bonds is 10. The fraction of sp³-hybridized carbons (Fsp3) is 0.846. The van der Waals surface area contributed by atoms with Gasteiger partial charge in [-0.15, -0.1) is 6.58 Å². The molecule has 0 heterocycles. The van der Waals surface area contributed by atoms with E-state index in [4.69, 9.17) is 0 Å². The van der Waals surface area contributed by atoms with Gasteiger partial charge < -0.3 is 5.32 Å². The molecule has 0 aliphatic carbocycles. The van der Waals surface area contributed by atoms with Gasteiger partial charge in [0.15, 0.2) is 0 Å². The minimum atomic E-state index is 1.18. The molecule has 0 spiro atoms. The smallest absolute Gasteiger partial charge is 0.00519 e. The predicted molar refractivity (Wildman–Crippen MR) is 65.7 cm³/mol. The van der Waals surface area contributed by atoms with Crippen LogP contribution in [-0.2, 0) is 0 Å². The Kier molecular flexibility index (Phi) is 10.5. The fourth-order valence-corrected chi connectivity index (χ4v) is 1.61. The molecule has 0 bridgehead atoms. The van der Waals surface area contributed by atoms with Gasteiger partial charge in [-0.2, -0.15) is 0 Å². The molecule has 0 atom stereocenters. The zero-order valence-electron chi connectivity index (χ0n) is 10.1. The molecule has 1 N–H and O–H groups in total. The minimum absolute atomic E-state index is 1.18. The van der Waals surface area contributed by atoms with Gasteiger partial charge in [-0.25, -0.2) is 0 Å². The van der Waals surface area contributed by atoms with Crippen molar-refractivity contribution in [2.45, 2.75) is 58.3 Å². The zero-order valence-corrected chi connectivity index (χ0v) is 10.1. The fourth-order valence-electron chi connectivity index (χ4n) is 1.61. The molecular weight excluding hydrogens is 170 g/mol. The molecule has 0 aliphatic rings. The van der Waals surface area contributed by atoms with E-state index < -0.39 is 0 Å². The lowest BCUT2D eigenvalue weighted by Gasteiger charge is -2.02. The highest BCUT2D eigenvalue weighted by Crippen LogP contribution is 2.10. The molecule has 0 aromatic heterocycles. The van der Waals surface area contributed by atoms with Crippen molar-refractivity contribution in [1.82, 2.24) is 5.32 Å². The van der Waals surface area contributed by atoms with Crippen LogP contribution in [-0.4, -0.2) is 13.6 Å². The SMILES string of the molecule is C=C(C)CCCCCCCCCNC. The van der Waals surface area contributed by atoms with Gasteiger partial charge >= 0.3 is 0 Å². The van der Waals surface area contributed by atoms with Gasteiger partial charge in [0.25, 0.3) is 0 Å². The van der Waals surface area contributed by atoms with Crippen molar-refractivity contribution in [3.8, 4) is 0 Å². The van der Waals surface area contributed by atoms with Crippen LogP contribution in [0.5, 0.6) is 0 Å². The first kappa shape index (κ1) is 13.7. The minimum Gasteiger partial charge on any atom is -0.320 e. The quantitative estimate of drug-likeness (QED) is 0.414. The van der Waals surface area contributed by atoms with Crippen LogP contribution in [0, 0.1) is 0 Å². The Morgan fingerprint density at radius 1 is 0.929 bits per heavy atom. The molecule has 0 amide bonds. The van der Waals surface area contributed by atoms with E-state index in [1.807, 2.05) is 7.05 Å². The number of hydrogen-bond acceptors (Lipinski definition) is 1. The summed E-state index contributed by atoms with van der Waals surface area (Å²) in [6, 6.07) is 0.